The number of ether oxygens (including phenoxy) is 2. The number of para-hydroxylation sites is 1. The molecule has 5 nitrogen and oxygen atoms in total. The molecule has 0 heterocycles. The predicted octanol–water partition coefficient (Wildman–Crippen LogP) is 3.11. The monoisotopic (exact) mass is 359 g/mol. The summed E-state index contributed by atoms with van der Waals surface area (Å²) in [6.45, 7) is 4.92. The summed E-state index contributed by atoms with van der Waals surface area (Å²) in [4.78, 5) is 4.49. The molecular formula is C20H26FN3O2. The lowest BCUT2D eigenvalue weighted by molar-refractivity contribution is 0.123. The zero-order valence-corrected chi connectivity index (χ0v) is 15.3. The van der Waals surface area contributed by atoms with Crippen LogP contribution in [0.25, 0.3) is 0 Å². The third-order valence-electron chi connectivity index (χ3n) is 3.67. The Bertz CT molecular complexity index is 690. The van der Waals surface area contributed by atoms with E-state index in [2.05, 4.69) is 15.6 Å². The van der Waals surface area contributed by atoms with E-state index in [4.69, 9.17) is 9.47 Å². The number of methoxy groups -OCH3 is 1. The fourth-order valence-corrected chi connectivity index (χ4v) is 2.35. The van der Waals surface area contributed by atoms with Crippen molar-refractivity contribution in [3.63, 3.8) is 0 Å². The first kappa shape index (κ1) is 19.7. The maximum atomic E-state index is 12.9. The third-order valence-corrected chi connectivity index (χ3v) is 3.67. The van der Waals surface area contributed by atoms with Crippen molar-refractivity contribution in [1.82, 2.24) is 10.6 Å². The van der Waals surface area contributed by atoms with Gasteiger partial charge in [0.15, 0.2) is 5.96 Å². The number of nitrogens with one attached hydrogen (secondary N) is 2. The maximum absolute atomic E-state index is 12.9. The van der Waals surface area contributed by atoms with Crippen LogP contribution in [0, 0.1) is 5.82 Å². The number of guanidine groups is 1. The number of halogens is 1. The van der Waals surface area contributed by atoms with Crippen LogP contribution in [0.1, 0.15) is 18.1 Å². The Kier molecular flexibility index (Phi) is 8.42. The van der Waals surface area contributed by atoms with Gasteiger partial charge in [-0.3, -0.25) is 0 Å². The summed E-state index contributed by atoms with van der Waals surface area (Å²) in [6, 6.07) is 14.2. The molecule has 26 heavy (non-hydrogen) atoms. The van der Waals surface area contributed by atoms with Crippen molar-refractivity contribution in [1.29, 1.82) is 0 Å². The van der Waals surface area contributed by atoms with Crippen LogP contribution < -0.4 is 15.4 Å². The molecule has 0 aliphatic carbocycles. The average molecular weight is 359 g/mol. The van der Waals surface area contributed by atoms with Crippen molar-refractivity contribution >= 4 is 5.96 Å². The summed E-state index contributed by atoms with van der Waals surface area (Å²) >= 11 is 0. The Labute approximate surface area is 154 Å². The predicted molar refractivity (Wildman–Crippen MR) is 102 cm³/mol. The van der Waals surface area contributed by atoms with Gasteiger partial charge in [-0.25, -0.2) is 9.38 Å². The molecule has 0 aliphatic rings. The normalized spacial score (nSPS) is 11.3. The summed E-state index contributed by atoms with van der Waals surface area (Å²) in [7, 11) is 1.65. The minimum atomic E-state index is -0.241. The van der Waals surface area contributed by atoms with E-state index in [9.17, 15) is 4.39 Å². The Morgan fingerprint density at radius 2 is 1.85 bits per heavy atom. The highest BCUT2D eigenvalue weighted by Crippen LogP contribution is 2.17. The Hall–Kier alpha value is -2.60. The third kappa shape index (κ3) is 6.72. The fraction of sp³-hybridized carbons (Fsp3) is 0.350. The van der Waals surface area contributed by atoms with Gasteiger partial charge in [0.2, 0.25) is 0 Å². The van der Waals surface area contributed by atoms with Crippen LogP contribution >= 0.6 is 0 Å². The van der Waals surface area contributed by atoms with E-state index in [1.54, 1.807) is 19.2 Å². The van der Waals surface area contributed by atoms with E-state index in [0.717, 1.165) is 23.4 Å². The standard InChI is InChI=1S/C20H26FN3O2/c1-3-22-20(24-14-16-8-10-18(21)11-9-16)23-12-13-26-15-17-6-4-5-7-19(17)25-2/h4-11H,3,12-15H2,1-2H3,(H2,22,23,24). The molecule has 0 aromatic heterocycles. The average Bonchev–Trinajstić information content (AvgIpc) is 2.67. The van der Waals surface area contributed by atoms with Gasteiger partial charge in [0.1, 0.15) is 11.6 Å². The molecule has 0 bridgehead atoms. The minimum absolute atomic E-state index is 0.241. The van der Waals surface area contributed by atoms with Crippen LogP contribution in [0.15, 0.2) is 53.5 Å². The molecule has 6 heteroatoms. The molecule has 0 fully saturated rings. The molecular weight excluding hydrogens is 333 g/mol. The quantitative estimate of drug-likeness (QED) is 0.410. The van der Waals surface area contributed by atoms with Gasteiger partial charge in [-0.15, -0.1) is 0 Å². The van der Waals surface area contributed by atoms with Crippen LogP contribution in [-0.4, -0.2) is 32.8 Å². The van der Waals surface area contributed by atoms with E-state index in [0.29, 0.717) is 32.3 Å². The van der Waals surface area contributed by atoms with Crippen LogP contribution in [0.3, 0.4) is 0 Å². The molecule has 2 N–H and O–H groups in total. The molecule has 2 aromatic carbocycles. The first-order valence-electron chi connectivity index (χ1n) is 8.69. The molecule has 0 radical (unpaired) electrons. The van der Waals surface area contributed by atoms with Gasteiger partial charge >= 0.3 is 0 Å². The van der Waals surface area contributed by atoms with Crippen molar-refractivity contribution < 1.29 is 13.9 Å². The van der Waals surface area contributed by atoms with E-state index in [1.807, 2.05) is 31.2 Å². The molecule has 0 atom stereocenters. The highest BCUT2D eigenvalue weighted by Gasteiger charge is 2.02. The summed E-state index contributed by atoms with van der Waals surface area (Å²) in [5.41, 5.74) is 1.97. The van der Waals surface area contributed by atoms with Gasteiger partial charge in [0.25, 0.3) is 0 Å². The van der Waals surface area contributed by atoms with Gasteiger partial charge in [-0.1, -0.05) is 30.3 Å². The lowest BCUT2D eigenvalue weighted by Gasteiger charge is -2.12. The van der Waals surface area contributed by atoms with Gasteiger partial charge < -0.3 is 20.1 Å². The van der Waals surface area contributed by atoms with Crippen molar-refractivity contribution in [2.45, 2.75) is 20.1 Å². The first-order valence-corrected chi connectivity index (χ1v) is 8.69. The molecule has 0 saturated heterocycles. The smallest absolute Gasteiger partial charge is 0.191 e. The molecule has 0 unspecified atom stereocenters. The van der Waals surface area contributed by atoms with Gasteiger partial charge in [-0.05, 0) is 30.7 Å². The maximum Gasteiger partial charge on any atom is 0.191 e. The van der Waals surface area contributed by atoms with Gasteiger partial charge in [-0.2, -0.15) is 0 Å². The van der Waals surface area contributed by atoms with E-state index < -0.39 is 0 Å². The molecule has 2 aromatic rings. The Balaban J connectivity index is 1.75. The summed E-state index contributed by atoms with van der Waals surface area (Å²) in [6.07, 6.45) is 0. The molecule has 140 valence electrons. The van der Waals surface area contributed by atoms with Crippen LogP contribution in [0.5, 0.6) is 5.75 Å². The first-order chi connectivity index (χ1) is 12.7. The highest BCUT2D eigenvalue weighted by atomic mass is 19.1. The van der Waals surface area contributed by atoms with E-state index in [-0.39, 0.29) is 5.82 Å². The van der Waals surface area contributed by atoms with Crippen molar-refractivity contribution in [2.75, 3.05) is 26.8 Å². The number of aliphatic imine (C=N–C) groups is 1. The second-order valence-electron chi connectivity index (χ2n) is 5.61. The molecule has 2 rings (SSSR count). The number of rotatable bonds is 9. The summed E-state index contributed by atoms with van der Waals surface area (Å²) < 4.78 is 23.9. The Morgan fingerprint density at radius 1 is 1.08 bits per heavy atom. The molecule has 0 saturated carbocycles. The zero-order valence-electron chi connectivity index (χ0n) is 15.3. The number of benzene rings is 2. The lowest BCUT2D eigenvalue weighted by atomic mass is 10.2. The Morgan fingerprint density at radius 3 is 2.58 bits per heavy atom. The lowest BCUT2D eigenvalue weighted by Crippen LogP contribution is -2.38. The second-order valence-corrected chi connectivity index (χ2v) is 5.61. The number of hydrogen-bond acceptors (Lipinski definition) is 3. The van der Waals surface area contributed by atoms with Crippen molar-refractivity contribution in [2.24, 2.45) is 4.99 Å². The minimum Gasteiger partial charge on any atom is -0.496 e. The number of hydrogen-bond donors (Lipinski definition) is 2. The van der Waals surface area contributed by atoms with Crippen molar-refractivity contribution in [3.05, 3.63) is 65.5 Å². The van der Waals surface area contributed by atoms with Gasteiger partial charge in [0, 0.05) is 18.7 Å². The van der Waals surface area contributed by atoms with Crippen LogP contribution in [0.4, 0.5) is 4.39 Å². The van der Waals surface area contributed by atoms with E-state index >= 15 is 0 Å². The highest BCUT2D eigenvalue weighted by molar-refractivity contribution is 5.79. The molecule has 0 aliphatic heterocycles. The SMILES string of the molecule is CCNC(=NCc1ccc(F)cc1)NCCOCc1ccccc1OC. The second kappa shape index (κ2) is 11.1. The summed E-state index contributed by atoms with van der Waals surface area (Å²) in [5.74, 6) is 1.29. The van der Waals surface area contributed by atoms with Crippen LogP contribution in [-0.2, 0) is 17.9 Å². The fourth-order valence-electron chi connectivity index (χ4n) is 2.35. The van der Waals surface area contributed by atoms with Gasteiger partial charge in [0.05, 0.1) is 26.9 Å². The van der Waals surface area contributed by atoms with Crippen molar-refractivity contribution in [3.8, 4) is 5.75 Å². The molecule has 0 spiro atoms. The summed E-state index contributed by atoms with van der Waals surface area (Å²) in [5, 5.41) is 6.41. The molecule has 0 amide bonds. The number of nitrogens with zero attached hydrogens (tertiary/aromatic N) is 1. The van der Waals surface area contributed by atoms with Crippen LogP contribution in [0.2, 0.25) is 0 Å². The van der Waals surface area contributed by atoms with E-state index in [1.165, 1.54) is 12.1 Å². The largest absolute Gasteiger partial charge is 0.496 e. The topological polar surface area (TPSA) is 54.9 Å². The zero-order chi connectivity index (χ0) is 18.6.